The molecule has 0 saturated carbocycles. The number of nitrogens with one attached hydrogen (secondary N) is 2. The Morgan fingerprint density at radius 2 is 1.93 bits per heavy atom. The van der Waals surface area contributed by atoms with Crippen LogP contribution in [0.1, 0.15) is 18.2 Å². The van der Waals surface area contributed by atoms with Gasteiger partial charge in [-0.25, -0.2) is 9.37 Å². The Bertz CT molecular complexity index is 954. The number of anilines is 1. The van der Waals surface area contributed by atoms with Gasteiger partial charge in [0.2, 0.25) is 11.8 Å². The van der Waals surface area contributed by atoms with Crippen molar-refractivity contribution in [3.05, 3.63) is 71.0 Å². The number of thiazole rings is 1. The van der Waals surface area contributed by atoms with E-state index in [9.17, 15) is 14.0 Å². The van der Waals surface area contributed by atoms with Crippen LogP contribution in [0, 0.1) is 5.82 Å². The summed E-state index contributed by atoms with van der Waals surface area (Å²) in [6.45, 7) is 1.80. The maximum atomic E-state index is 12.9. The molecule has 0 aliphatic carbocycles. The molecule has 0 aliphatic heterocycles. The average Bonchev–Trinajstić information content (AvgIpc) is 3.09. The Hall–Kier alpha value is -3.06. The van der Waals surface area contributed by atoms with E-state index < -0.39 is 0 Å². The molecular weight excluding hydrogens is 365 g/mol. The number of amides is 2. The molecule has 2 aromatic carbocycles. The molecule has 0 fully saturated rings. The van der Waals surface area contributed by atoms with Gasteiger partial charge >= 0.3 is 0 Å². The summed E-state index contributed by atoms with van der Waals surface area (Å²) in [6.07, 6.45) is 0.170. The van der Waals surface area contributed by atoms with Gasteiger partial charge in [0, 0.05) is 30.1 Å². The fraction of sp³-hybridized carbons (Fsp3) is 0.150. The summed E-state index contributed by atoms with van der Waals surface area (Å²) in [4.78, 5) is 27.8. The molecule has 2 N–H and O–H groups in total. The Morgan fingerprint density at radius 1 is 1.15 bits per heavy atom. The molecule has 0 atom stereocenters. The van der Waals surface area contributed by atoms with Gasteiger partial charge in [0.15, 0.2) is 0 Å². The third kappa shape index (κ3) is 5.46. The van der Waals surface area contributed by atoms with Crippen molar-refractivity contribution in [1.29, 1.82) is 0 Å². The van der Waals surface area contributed by atoms with Crippen LogP contribution in [0.15, 0.2) is 53.9 Å². The summed E-state index contributed by atoms with van der Waals surface area (Å²) >= 11 is 1.44. The van der Waals surface area contributed by atoms with Gasteiger partial charge in [-0.3, -0.25) is 9.59 Å². The van der Waals surface area contributed by atoms with E-state index in [2.05, 4.69) is 15.6 Å². The lowest BCUT2D eigenvalue weighted by atomic mass is 10.2. The van der Waals surface area contributed by atoms with Crippen molar-refractivity contribution in [2.45, 2.75) is 19.9 Å². The first-order chi connectivity index (χ1) is 13.0. The van der Waals surface area contributed by atoms with Crippen molar-refractivity contribution < 1.29 is 14.0 Å². The highest BCUT2D eigenvalue weighted by Crippen LogP contribution is 2.26. The topological polar surface area (TPSA) is 71.1 Å². The predicted molar refractivity (Wildman–Crippen MR) is 104 cm³/mol. The first-order valence-electron chi connectivity index (χ1n) is 8.33. The van der Waals surface area contributed by atoms with E-state index in [0.29, 0.717) is 17.9 Å². The molecule has 0 radical (unpaired) electrons. The van der Waals surface area contributed by atoms with Crippen LogP contribution in [-0.4, -0.2) is 16.8 Å². The van der Waals surface area contributed by atoms with E-state index in [4.69, 9.17) is 0 Å². The number of halogens is 1. The van der Waals surface area contributed by atoms with Crippen LogP contribution in [0.5, 0.6) is 0 Å². The molecule has 0 bridgehead atoms. The maximum Gasteiger partial charge on any atom is 0.226 e. The van der Waals surface area contributed by atoms with Crippen molar-refractivity contribution in [2.75, 3.05) is 5.32 Å². The molecule has 1 aromatic heterocycles. The lowest BCUT2D eigenvalue weighted by Crippen LogP contribution is -2.24. The SMILES string of the molecule is CC(=O)Nc1cccc(-c2nc(CC(=O)NCc3ccc(F)cc3)cs2)c1. The number of nitrogens with zero attached hydrogens (tertiary/aromatic N) is 1. The first kappa shape index (κ1) is 18.7. The highest BCUT2D eigenvalue weighted by Gasteiger charge is 2.10. The molecule has 3 rings (SSSR count). The monoisotopic (exact) mass is 383 g/mol. The zero-order valence-corrected chi connectivity index (χ0v) is 15.5. The standard InChI is InChI=1S/C20H18FN3O2S/c1-13(25)23-17-4-2-3-15(9-17)20-24-18(12-27-20)10-19(26)22-11-14-5-7-16(21)8-6-14/h2-9,12H,10-11H2,1H3,(H,22,26)(H,23,25). The van der Waals surface area contributed by atoms with E-state index in [1.807, 2.05) is 29.6 Å². The lowest BCUT2D eigenvalue weighted by Gasteiger charge is -2.04. The number of benzene rings is 2. The summed E-state index contributed by atoms with van der Waals surface area (Å²) in [6, 6.07) is 13.4. The van der Waals surface area contributed by atoms with E-state index in [1.165, 1.54) is 30.4 Å². The van der Waals surface area contributed by atoms with Crippen molar-refractivity contribution in [3.8, 4) is 10.6 Å². The smallest absolute Gasteiger partial charge is 0.226 e. The van der Waals surface area contributed by atoms with Crippen molar-refractivity contribution in [1.82, 2.24) is 10.3 Å². The van der Waals surface area contributed by atoms with Crippen LogP contribution >= 0.6 is 11.3 Å². The summed E-state index contributed by atoms with van der Waals surface area (Å²) in [5.41, 5.74) is 3.09. The number of hydrogen-bond acceptors (Lipinski definition) is 4. The van der Waals surface area contributed by atoms with Crippen LogP contribution in [0.4, 0.5) is 10.1 Å². The molecule has 0 unspecified atom stereocenters. The Kier molecular flexibility index (Phi) is 5.93. The van der Waals surface area contributed by atoms with Gasteiger partial charge in [-0.1, -0.05) is 24.3 Å². The molecule has 0 spiro atoms. The Morgan fingerprint density at radius 3 is 2.67 bits per heavy atom. The largest absolute Gasteiger partial charge is 0.352 e. The minimum absolute atomic E-state index is 0.134. The van der Waals surface area contributed by atoms with Crippen molar-refractivity contribution >= 4 is 28.8 Å². The number of hydrogen-bond donors (Lipinski definition) is 2. The molecule has 2 amide bonds. The van der Waals surface area contributed by atoms with Gasteiger partial charge in [-0.15, -0.1) is 11.3 Å². The fourth-order valence-corrected chi connectivity index (χ4v) is 3.30. The minimum atomic E-state index is -0.303. The average molecular weight is 383 g/mol. The third-order valence-corrected chi connectivity index (χ3v) is 4.67. The number of rotatable bonds is 6. The number of aromatic nitrogens is 1. The fourth-order valence-electron chi connectivity index (χ4n) is 2.48. The quantitative estimate of drug-likeness (QED) is 0.681. The minimum Gasteiger partial charge on any atom is -0.352 e. The second-order valence-electron chi connectivity index (χ2n) is 5.99. The molecule has 1 heterocycles. The zero-order valence-electron chi connectivity index (χ0n) is 14.7. The highest BCUT2D eigenvalue weighted by atomic mass is 32.1. The highest BCUT2D eigenvalue weighted by molar-refractivity contribution is 7.13. The van der Waals surface area contributed by atoms with E-state index in [1.54, 1.807) is 12.1 Å². The molecule has 138 valence electrons. The Balaban J connectivity index is 1.59. The molecule has 27 heavy (non-hydrogen) atoms. The number of carbonyl (C=O) groups excluding carboxylic acids is 2. The van der Waals surface area contributed by atoms with E-state index >= 15 is 0 Å². The molecule has 3 aromatic rings. The summed E-state index contributed by atoms with van der Waals surface area (Å²) in [7, 11) is 0. The van der Waals surface area contributed by atoms with Crippen LogP contribution < -0.4 is 10.6 Å². The van der Waals surface area contributed by atoms with Gasteiger partial charge in [0.05, 0.1) is 12.1 Å². The van der Waals surface area contributed by atoms with Crippen LogP contribution in [0.25, 0.3) is 10.6 Å². The molecule has 0 aliphatic rings. The lowest BCUT2D eigenvalue weighted by molar-refractivity contribution is -0.120. The van der Waals surface area contributed by atoms with Crippen LogP contribution in [0.2, 0.25) is 0 Å². The number of carbonyl (C=O) groups is 2. The van der Waals surface area contributed by atoms with E-state index in [-0.39, 0.29) is 24.1 Å². The molecule has 7 heteroatoms. The Labute approximate surface area is 160 Å². The second-order valence-corrected chi connectivity index (χ2v) is 6.84. The normalized spacial score (nSPS) is 10.4. The zero-order chi connectivity index (χ0) is 19.2. The van der Waals surface area contributed by atoms with Gasteiger partial charge in [0.1, 0.15) is 10.8 Å². The van der Waals surface area contributed by atoms with Crippen LogP contribution in [0.3, 0.4) is 0 Å². The van der Waals surface area contributed by atoms with Gasteiger partial charge < -0.3 is 10.6 Å². The molecular formula is C20H18FN3O2S. The summed E-state index contributed by atoms with van der Waals surface area (Å²) < 4.78 is 12.9. The summed E-state index contributed by atoms with van der Waals surface area (Å²) in [5.74, 6) is -0.587. The van der Waals surface area contributed by atoms with Crippen LogP contribution in [-0.2, 0) is 22.6 Å². The van der Waals surface area contributed by atoms with E-state index in [0.717, 1.165) is 16.1 Å². The van der Waals surface area contributed by atoms with Crippen molar-refractivity contribution in [3.63, 3.8) is 0 Å². The van der Waals surface area contributed by atoms with Gasteiger partial charge in [-0.2, -0.15) is 0 Å². The maximum absolute atomic E-state index is 12.9. The van der Waals surface area contributed by atoms with Gasteiger partial charge in [0.25, 0.3) is 0 Å². The second kappa shape index (κ2) is 8.55. The molecule has 0 saturated heterocycles. The predicted octanol–water partition coefficient (Wildman–Crippen LogP) is 3.77. The summed E-state index contributed by atoms with van der Waals surface area (Å²) in [5, 5.41) is 8.17. The van der Waals surface area contributed by atoms with Crippen molar-refractivity contribution in [2.24, 2.45) is 0 Å². The third-order valence-electron chi connectivity index (χ3n) is 3.73. The molecule has 5 nitrogen and oxygen atoms in total. The van der Waals surface area contributed by atoms with Gasteiger partial charge in [-0.05, 0) is 29.8 Å². The first-order valence-corrected chi connectivity index (χ1v) is 9.21.